The van der Waals surface area contributed by atoms with Gasteiger partial charge >= 0.3 is 0 Å². The van der Waals surface area contributed by atoms with Crippen molar-refractivity contribution in [1.82, 2.24) is 4.90 Å². The maximum absolute atomic E-state index is 11.2. The number of hydrogen-bond acceptors (Lipinski definition) is 3. The van der Waals surface area contributed by atoms with Crippen LogP contribution in [0.1, 0.15) is 6.42 Å². The van der Waals surface area contributed by atoms with Gasteiger partial charge in [-0.2, -0.15) is 0 Å². The van der Waals surface area contributed by atoms with Gasteiger partial charge in [0.2, 0.25) is 5.91 Å². The number of carbonyl (C=O) groups excluding carboxylic acids is 1. The number of rotatable bonds is 7. The molecule has 0 radical (unpaired) electrons. The summed E-state index contributed by atoms with van der Waals surface area (Å²) in [5.41, 5.74) is 0. The lowest BCUT2D eigenvalue weighted by molar-refractivity contribution is -0.127. The minimum absolute atomic E-state index is 0.0236. The highest BCUT2D eigenvalue weighted by Crippen LogP contribution is 2.16. The molecule has 0 saturated heterocycles. The van der Waals surface area contributed by atoms with Gasteiger partial charge in [-0.1, -0.05) is 0 Å². The van der Waals surface area contributed by atoms with E-state index in [2.05, 4.69) is 0 Å². The lowest BCUT2D eigenvalue weighted by Gasteiger charge is -2.15. The summed E-state index contributed by atoms with van der Waals surface area (Å²) in [6.07, 6.45) is 0.769. The number of alkyl halides is 1. The lowest BCUT2D eigenvalue weighted by Crippen LogP contribution is -2.29. The molecule has 0 aromatic heterocycles. The van der Waals surface area contributed by atoms with Crippen molar-refractivity contribution in [2.75, 3.05) is 33.2 Å². The van der Waals surface area contributed by atoms with Crippen LogP contribution in [-0.2, 0) is 4.79 Å². The molecular weight excluding hydrogens is 254 g/mol. The van der Waals surface area contributed by atoms with E-state index in [9.17, 15) is 4.79 Å². The van der Waals surface area contributed by atoms with Crippen LogP contribution in [0, 0.1) is 0 Å². The highest BCUT2D eigenvalue weighted by atomic mass is 35.5. The summed E-state index contributed by atoms with van der Waals surface area (Å²) in [5.74, 6) is 1.55. The maximum atomic E-state index is 11.2. The molecule has 0 saturated carbocycles. The smallest absolute Gasteiger partial charge is 0.237 e. The second kappa shape index (κ2) is 7.82. The third-order valence-electron chi connectivity index (χ3n) is 2.51. The fourth-order valence-electron chi connectivity index (χ4n) is 1.39. The van der Waals surface area contributed by atoms with E-state index in [0.717, 1.165) is 17.9 Å². The Bertz CT molecular complexity index is 367. The van der Waals surface area contributed by atoms with E-state index in [-0.39, 0.29) is 11.8 Å². The van der Waals surface area contributed by atoms with E-state index >= 15 is 0 Å². The molecule has 1 amide bonds. The van der Waals surface area contributed by atoms with Crippen LogP contribution in [0.2, 0.25) is 0 Å². The van der Waals surface area contributed by atoms with E-state index < -0.39 is 0 Å². The van der Waals surface area contributed by atoms with Crippen LogP contribution >= 0.6 is 11.6 Å². The van der Waals surface area contributed by atoms with Gasteiger partial charge < -0.3 is 14.4 Å². The Kier molecular flexibility index (Phi) is 6.36. The molecule has 0 bridgehead atoms. The normalized spacial score (nSPS) is 9.94. The zero-order chi connectivity index (χ0) is 13.4. The van der Waals surface area contributed by atoms with Gasteiger partial charge in [0, 0.05) is 13.6 Å². The van der Waals surface area contributed by atoms with E-state index in [1.54, 1.807) is 19.1 Å². The Balaban J connectivity index is 2.23. The highest BCUT2D eigenvalue weighted by molar-refractivity contribution is 6.27. The Morgan fingerprint density at radius 3 is 2.44 bits per heavy atom. The SMILES string of the molecule is COc1ccc(OCCCN(C)C(=O)CCl)cc1. The maximum Gasteiger partial charge on any atom is 0.237 e. The Morgan fingerprint density at radius 1 is 1.28 bits per heavy atom. The van der Waals surface area contributed by atoms with E-state index in [0.29, 0.717) is 13.2 Å². The predicted octanol–water partition coefficient (Wildman–Crippen LogP) is 2.16. The van der Waals surface area contributed by atoms with Crippen LogP contribution in [0.4, 0.5) is 0 Å². The van der Waals surface area contributed by atoms with Crippen LogP contribution in [0.3, 0.4) is 0 Å². The molecule has 0 heterocycles. The predicted molar refractivity (Wildman–Crippen MR) is 71.5 cm³/mol. The molecule has 1 rings (SSSR count). The summed E-state index contributed by atoms with van der Waals surface area (Å²) in [5, 5.41) is 0. The monoisotopic (exact) mass is 271 g/mol. The quantitative estimate of drug-likeness (QED) is 0.563. The molecule has 1 aromatic carbocycles. The highest BCUT2D eigenvalue weighted by Gasteiger charge is 2.05. The van der Waals surface area contributed by atoms with Crippen LogP contribution < -0.4 is 9.47 Å². The van der Waals surface area contributed by atoms with Crippen molar-refractivity contribution in [3.8, 4) is 11.5 Å². The summed E-state index contributed by atoms with van der Waals surface area (Å²) < 4.78 is 10.6. The molecule has 0 N–H and O–H groups in total. The first-order chi connectivity index (χ1) is 8.67. The number of benzene rings is 1. The molecular formula is C13H18ClNO3. The third-order valence-corrected chi connectivity index (χ3v) is 2.73. The van der Waals surface area contributed by atoms with Gasteiger partial charge in [-0.3, -0.25) is 4.79 Å². The number of ether oxygens (including phenoxy) is 2. The van der Waals surface area contributed by atoms with Crippen molar-refractivity contribution in [2.45, 2.75) is 6.42 Å². The van der Waals surface area contributed by atoms with Crippen molar-refractivity contribution in [2.24, 2.45) is 0 Å². The van der Waals surface area contributed by atoms with Crippen molar-refractivity contribution >= 4 is 17.5 Å². The fraction of sp³-hybridized carbons (Fsp3) is 0.462. The lowest BCUT2D eigenvalue weighted by atomic mass is 10.3. The molecule has 18 heavy (non-hydrogen) atoms. The molecule has 100 valence electrons. The zero-order valence-corrected chi connectivity index (χ0v) is 11.4. The van der Waals surface area contributed by atoms with Gasteiger partial charge in [0.25, 0.3) is 0 Å². The molecule has 5 heteroatoms. The average Bonchev–Trinajstić information content (AvgIpc) is 2.43. The number of halogens is 1. The third kappa shape index (κ3) is 4.84. The number of methoxy groups -OCH3 is 1. The Labute approximate surface area is 112 Å². The van der Waals surface area contributed by atoms with Crippen molar-refractivity contribution in [3.05, 3.63) is 24.3 Å². The number of hydrogen-bond donors (Lipinski definition) is 0. The second-order valence-corrected chi connectivity index (χ2v) is 4.09. The number of carbonyl (C=O) groups is 1. The summed E-state index contributed by atoms with van der Waals surface area (Å²) in [7, 11) is 3.36. The summed E-state index contributed by atoms with van der Waals surface area (Å²) >= 11 is 5.45. The topological polar surface area (TPSA) is 38.8 Å². The van der Waals surface area contributed by atoms with E-state index in [4.69, 9.17) is 21.1 Å². The first-order valence-corrected chi connectivity index (χ1v) is 6.27. The van der Waals surface area contributed by atoms with Crippen LogP contribution in [0.25, 0.3) is 0 Å². The minimum atomic E-state index is -0.0684. The fourth-order valence-corrected chi connectivity index (χ4v) is 1.59. The van der Waals surface area contributed by atoms with E-state index in [1.807, 2.05) is 24.3 Å². The second-order valence-electron chi connectivity index (χ2n) is 3.83. The van der Waals surface area contributed by atoms with Gasteiger partial charge in [-0.15, -0.1) is 11.6 Å². The molecule has 0 spiro atoms. The van der Waals surface area contributed by atoms with Crippen molar-refractivity contribution in [1.29, 1.82) is 0 Å². The molecule has 4 nitrogen and oxygen atoms in total. The zero-order valence-electron chi connectivity index (χ0n) is 10.7. The summed E-state index contributed by atoms with van der Waals surface area (Å²) in [4.78, 5) is 12.8. The number of nitrogens with zero attached hydrogens (tertiary/aromatic N) is 1. The average molecular weight is 272 g/mol. The molecule has 0 fully saturated rings. The van der Waals surface area contributed by atoms with E-state index in [1.165, 1.54) is 0 Å². The summed E-state index contributed by atoms with van der Waals surface area (Å²) in [6, 6.07) is 7.40. The largest absolute Gasteiger partial charge is 0.497 e. The van der Waals surface area contributed by atoms with Gasteiger partial charge in [0.1, 0.15) is 17.4 Å². The van der Waals surface area contributed by atoms with Gasteiger partial charge in [-0.05, 0) is 30.7 Å². The molecule has 0 atom stereocenters. The summed E-state index contributed by atoms with van der Waals surface area (Å²) in [6.45, 7) is 1.20. The molecule has 0 aliphatic carbocycles. The molecule has 0 unspecified atom stereocenters. The van der Waals surface area contributed by atoms with Gasteiger partial charge in [0.05, 0.1) is 13.7 Å². The van der Waals surface area contributed by atoms with Crippen LogP contribution in [-0.4, -0.2) is 44.0 Å². The van der Waals surface area contributed by atoms with Gasteiger partial charge in [0.15, 0.2) is 0 Å². The first kappa shape index (κ1) is 14.6. The minimum Gasteiger partial charge on any atom is -0.497 e. The first-order valence-electron chi connectivity index (χ1n) is 5.74. The van der Waals surface area contributed by atoms with Crippen LogP contribution in [0.15, 0.2) is 24.3 Å². The Morgan fingerprint density at radius 2 is 1.89 bits per heavy atom. The molecule has 0 aliphatic rings. The van der Waals surface area contributed by atoms with Crippen molar-refractivity contribution in [3.63, 3.8) is 0 Å². The standard InChI is InChI=1S/C13H18ClNO3/c1-15(13(16)10-14)8-3-9-18-12-6-4-11(17-2)5-7-12/h4-7H,3,8-10H2,1-2H3. The molecule has 0 aliphatic heterocycles. The number of amides is 1. The van der Waals surface area contributed by atoms with Crippen LogP contribution in [0.5, 0.6) is 11.5 Å². The Hall–Kier alpha value is -1.42. The van der Waals surface area contributed by atoms with Crippen molar-refractivity contribution < 1.29 is 14.3 Å². The molecule has 1 aromatic rings. The van der Waals surface area contributed by atoms with Gasteiger partial charge in [-0.25, -0.2) is 0 Å².